The minimum absolute atomic E-state index is 0.214. The van der Waals surface area contributed by atoms with Gasteiger partial charge in [-0.1, -0.05) is 38.7 Å². The Morgan fingerprint density at radius 3 is 2.18 bits per heavy atom. The molecule has 0 aliphatic carbocycles. The van der Waals surface area contributed by atoms with Crippen molar-refractivity contribution < 1.29 is 24.0 Å². The highest BCUT2D eigenvalue weighted by molar-refractivity contribution is 5.95. The van der Waals surface area contributed by atoms with Gasteiger partial charge in [0, 0.05) is 0 Å². The van der Waals surface area contributed by atoms with E-state index >= 15 is 0 Å². The Labute approximate surface area is 132 Å². The molecule has 0 saturated carbocycles. The van der Waals surface area contributed by atoms with E-state index in [1.807, 2.05) is 0 Å². The molecular formula is C17H25O5. The SMILES string of the molecule is CCCCCC[C](C)OOC(=O)c1c(OC)cccc1OC. The number of benzene rings is 1. The van der Waals surface area contributed by atoms with Gasteiger partial charge < -0.3 is 9.47 Å². The maximum atomic E-state index is 12.2. The molecule has 0 spiro atoms. The lowest BCUT2D eigenvalue weighted by Crippen LogP contribution is -2.11. The smallest absolute Gasteiger partial charge is 0.380 e. The number of unbranched alkanes of at least 4 members (excludes halogenated alkanes) is 3. The molecular weight excluding hydrogens is 284 g/mol. The summed E-state index contributed by atoms with van der Waals surface area (Å²) in [7, 11) is 2.97. The molecule has 0 aliphatic heterocycles. The molecule has 0 bridgehead atoms. The van der Waals surface area contributed by atoms with Gasteiger partial charge >= 0.3 is 5.97 Å². The van der Waals surface area contributed by atoms with E-state index in [2.05, 4.69) is 6.92 Å². The third kappa shape index (κ3) is 5.56. The highest BCUT2D eigenvalue weighted by atomic mass is 17.2. The van der Waals surface area contributed by atoms with Crippen LogP contribution in [0.2, 0.25) is 0 Å². The number of methoxy groups -OCH3 is 2. The van der Waals surface area contributed by atoms with E-state index < -0.39 is 5.97 Å². The van der Waals surface area contributed by atoms with Crippen molar-refractivity contribution in [3.8, 4) is 11.5 Å². The van der Waals surface area contributed by atoms with Crippen molar-refractivity contribution in [2.45, 2.75) is 46.0 Å². The van der Waals surface area contributed by atoms with Crippen LogP contribution < -0.4 is 9.47 Å². The molecule has 0 atom stereocenters. The summed E-state index contributed by atoms with van der Waals surface area (Å²) in [5.41, 5.74) is 0.214. The summed E-state index contributed by atoms with van der Waals surface area (Å²) in [6.07, 6.45) is 6.00. The third-order valence-corrected chi connectivity index (χ3v) is 3.27. The van der Waals surface area contributed by atoms with Crippen LogP contribution in [-0.2, 0) is 9.78 Å². The van der Waals surface area contributed by atoms with Gasteiger partial charge in [-0.15, -0.1) is 0 Å². The molecule has 0 saturated heterocycles. The maximum Gasteiger partial charge on any atom is 0.380 e. The average Bonchev–Trinajstić information content (AvgIpc) is 2.55. The normalized spacial score (nSPS) is 10.6. The Morgan fingerprint density at radius 2 is 1.64 bits per heavy atom. The van der Waals surface area contributed by atoms with Gasteiger partial charge in [0.25, 0.3) is 0 Å². The van der Waals surface area contributed by atoms with E-state index in [4.69, 9.17) is 19.2 Å². The summed E-state index contributed by atoms with van der Waals surface area (Å²) in [4.78, 5) is 22.2. The van der Waals surface area contributed by atoms with Crippen LogP contribution in [0.4, 0.5) is 0 Å². The topological polar surface area (TPSA) is 54.0 Å². The first-order valence-corrected chi connectivity index (χ1v) is 7.56. The van der Waals surface area contributed by atoms with Gasteiger partial charge in [-0.3, -0.25) is 4.89 Å². The van der Waals surface area contributed by atoms with Gasteiger partial charge in [0.2, 0.25) is 0 Å². The van der Waals surface area contributed by atoms with Crippen LogP contribution in [0.25, 0.3) is 0 Å². The average molecular weight is 309 g/mol. The molecule has 0 amide bonds. The molecule has 0 aliphatic rings. The van der Waals surface area contributed by atoms with Crippen LogP contribution in [0.15, 0.2) is 18.2 Å². The van der Waals surface area contributed by atoms with Crippen molar-refractivity contribution in [3.05, 3.63) is 29.9 Å². The van der Waals surface area contributed by atoms with E-state index in [1.165, 1.54) is 27.1 Å². The number of hydrogen-bond donors (Lipinski definition) is 0. The third-order valence-electron chi connectivity index (χ3n) is 3.27. The number of rotatable bonds is 10. The minimum atomic E-state index is -0.637. The highest BCUT2D eigenvalue weighted by Crippen LogP contribution is 2.29. The van der Waals surface area contributed by atoms with E-state index in [0.29, 0.717) is 17.6 Å². The lowest BCUT2D eigenvalue weighted by atomic mass is 10.1. The number of ether oxygens (including phenoxy) is 2. The number of hydrogen-bond acceptors (Lipinski definition) is 5. The number of carbonyl (C=O) groups excluding carboxylic acids is 1. The van der Waals surface area contributed by atoms with Gasteiger partial charge in [0.1, 0.15) is 23.2 Å². The predicted molar refractivity (Wildman–Crippen MR) is 83.7 cm³/mol. The molecule has 22 heavy (non-hydrogen) atoms. The molecule has 1 radical (unpaired) electrons. The van der Waals surface area contributed by atoms with Crippen molar-refractivity contribution in [1.29, 1.82) is 0 Å². The van der Waals surface area contributed by atoms with Crippen molar-refractivity contribution in [3.63, 3.8) is 0 Å². The molecule has 0 heterocycles. The molecule has 0 aromatic heterocycles. The van der Waals surface area contributed by atoms with Crippen LogP contribution in [0.5, 0.6) is 11.5 Å². The minimum Gasteiger partial charge on any atom is -0.496 e. The van der Waals surface area contributed by atoms with Gasteiger partial charge in [0.15, 0.2) is 0 Å². The fourth-order valence-electron chi connectivity index (χ4n) is 2.05. The Bertz CT molecular complexity index is 436. The van der Waals surface area contributed by atoms with Crippen molar-refractivity contribution >= 4 is 5.97 Å². The van der Waals surface area contributed by atoms with Gasteiger partial charge in [-0.2, -0.15) is 4.89 Å². The molecule has 0 fully saturated rings. The lowest BCUT2D eigenvalue weighted by Gasteiger charge is -2.13. The van der Waals surface area contributed by atoms with Crippen LogP contribution in [0.3, 0.4) is 0 Å². The lowest BCUT2D eigenvalue weighted by molar-refractivity contribution is -0.233. The van der Waals surface area contributed by atoms with Crippen molar-refractivity contribution in [1.82, 2.24) is 0 Å². The van der Waals surface area contributed by atoms with Crippen molar-refractivity contribution in [2.24, 2.45) is 0 Å². The van der Waals surface area contributed by atoms with E-state index in [0.717, 1.165) is 19.3 Å². The van der Waals surface area contributed by atoms with Crippen LogP contribution >= 0.6 is 0 Å². The Kier molecular flexibility index (Phi) is 8.36. The monoisotopic (exact) mass is 309 g/mol. The summed E-state index contributed by atoms with van der Waals surface area (Å²) >= 11 is 0. The van der Waals surface area contributed by atoms with Gasteiger partial charge in [-0.05, 0) is 25.5 Å². The molecule has 1 aromatic carbocycles. The molecule has 5 nitrogen and oxygen atoms in total. The van der Waals surface area contributed by atoms with Crippen LogP contribution in [0.1, 0.15) is 56.3 Å². The second-order valence-corrected chi connectivity index (χ2v) is 5.00. The quantitative estimate of drug-likeness (QED) is 0.366. The summed E-state index contributed by atoms with van der Waals surface area (Å²) in [5.74, 6) is 0.129. The Morgan fingerprint density at radius 1 is 1.00 bits per heavy atom. The Balaban J connectivity index is 2.55. The summed E-state index contributed by atoms with van der Waals surface area (Å²) < 4.78 is 10.3. The predicted octanol–water partition coefficient (Wildman–Crippen LogP) is 4.31. The second kappa shape index (κ2) is 10.1. The van der Waals surface area contributed by atoms with Crippen LogP contribution in [0, 0.1) is 6.10 Å². The molecule has 1 rings (SSSR count). The standard InChI is InChI=1S/C17H25O5/c1-5-6-7-8-10-13(2)21-22-17(18)16-14(19-3)11-9-12-15(16)20-4/h9,11-12H,5-8,10H2,1-4H3. The first-order chi connectivity index (χ1) is 10.6. The van der Waals surface area contributed by atoms with E-state index in [9.17, 15) is 4.79 Å². The second-order valence-electron chi connectivity index (χ2n) is 5.00. The fraction of sp³-hybridized carbons (Fsp3) is 0.529. The fourth-order valence-corrected chi connectivity index (χ4v) is 2.05. The number of carbonyl (C=O) groups is 1. The largest absolute Gasteiger partial charge is 0.496 e. The molecule has 5 heteroatoms. The first-order valence-electron chi connectivity index (χ1n) is 7.56. The molecule has 123 valence electrons. The molecule has 0 unspecified atom stereocenters. The molecule has 0 N–H and O–H groups in total. The van der Waals surface area contributed by atoms with Gasteiger partial charge in [-0.25, -0.2) is 4.79 Å². The zero-order valence-corrected chi connectivity index (χ0v) is 13.8. The first kappa shape index (κ1) is 18.3. The summed E-state index contributed by atoms with van der Waals surface area (Å²) in [5, 5.41) is 0. The zero-order valence-electron chi connectivity index (χ0n) is 13.8. The zero-order chi connectivity index (χ0) is 16.4. The highest BCUT2D eigenvalue weighted by Gasteiger charge is 2.21. The molecule has 1 aromatic rings. The van der Waals surface area contributed by atoms with Gasteiger partial charge in [0.05, 0.1) is 14.2 Å². The van der Waals surface area contributed by atoms with Crippen molar-refractivity contribution in [2.75, 3.05) is 14.2 Å². The Hall–Kier alpha value is -1.75. The summed E-state index contributed by atoms with van der Waals surface area (Å²) in [6.45, 7) is 3.97. The van der Waals surface area contributed by atoms with E-state index in [1.54, 1.807) is 25.1 Å². The maximum absolute atomic E-state index is 12.2. The van der Waals surface area contributed by atoms with Crippen LogP contribution in [-0.4, -0.2) is 20.2 Å². The summed E-state index contributed by atoms with van der Waals surface area (Å²) in [6, 6.07) is 5.07. The van der Waals surface area contributed by atoms with E-state index in [-0.39, 0.29) is 5.56 Å².